The van der Waals surface area contributed by atoms with Gasteiger partial charge in [-0.3, -0.25) is 4.98 Å². The molecule has 0 spiro atoms. The smallest absolute Gasteiger partial charge is 0.162 e. The predicted octanol–water partition coefficient (Wildman–Crippen LogP) is 5.38. The molecule has 1 unspecified atom stereocenters. The zero-order chi connectivity index (χ0) is 18.5. The first-order valence-corrected chi connectivity index (χ1v) is 8.96. The second-order valence-corrected chi connectivity index (χ2v) is 6.34. The zero-order valence-corrected chi connectivity index (χ0v) is 15.1. The van der Waals surface area contributed by atoms with Crippen LogP contribution in [-0.4, -0.2) is 15.0 Å². The van der Waals surface area contributed by atoms with Crippen LogP contribution in [0.25, 0.3) is 22.6 Å². The summed E-state index contributed by atoms with van der Waals surface area (Å²) in [5, 5.41) is 3.51. The van der Waals surface area contributed by atoms with E-state index in [0.717, 1.165) is 22.6 Å². The van der Waals surface area contributed by atoms with Crippen LogP contribution in [0, 0.1) is 0 Å². The van der Waals surface area contributed by atoms with Gasteiger partial charge in [-0.1, -0.05) is 60.7 Å². The van der Waals surface area contributed by atoms with Gasteiger partial charge in [-0.05, 0) is 24.6 Å². The molecule has 0 amide bonds. The number of aromatic nitrogens is 3. The van der Waals surface area contributed by atoms with Crippen molar-refractivity contribution in [2.24, 2.45) is 0 Å². The molecule has 0 aliphatic carbocycles. The van der Waals surface area contributed by atoms with Crippen molar-refractivity contribution in [1.29, 1.82) is 0 Å². The lowest BCUT2D eigenvalue weighted by molar-refractivity contribution is 0.873. The van der Waals surface area contributed by atoms with Crippen LogP contribution in [0.4, 0.5) is 5.82 Å². The van der Waals surface area contributed by atoms with Gasteiger partial charge in [0.05, 0.1) is 5.69 Å². The van der Waals surface area contributed by atoms with E-state index >= 15 is 0 Å². The van der Waals surface area contributed by atoms with Crippen molar-refractivity contribution in [2.45, 2.75) is 13.0 Å². The normalized spacial score (nSPS) is 11.7. The highest BCUT2D eigenvalue weighted by Gasteiger charge is 2.11. The fraction of sp³-hybridized carbons (Fsp3) is 0.0870. The third-order valence-corrected chi connectivity index (χ3v) is 4.40. The third-order valence-electron chi connectivity index (χ3n) is 4.40. The van der Waals surface area contributed by atoms with Crippen molar-refractivity contribution in [3.63, 3.8) is 0 Å². The highest BCUT2D eigenvalue weighted by molar-refractivity contribution is 5.67. The van der Waals surface area contributed by atoms with Crippen molar-refractivity contribution in [1.82, 2.24) is 15.0 Å². The van der Waals surface area contributed by atoms with Crippen LogP contribution >= 0.6 is 0 Å². The molecule has 4 heteroatoms. The Labute approximate surface area is 159 Å². The first kappa shape index (κ1) is 16.9. The lowest BCUT2D eigenvalue weighted by Gasteiger charge is -2.16. The topological polar surface area (TPSA) is 50.7 Å². The lowest BCUT2D eigenvalue weighted by atomic mass is 10.1. The summed E-state index contributed by atoms with van der Waals surface area (Å²) >= 11 is 0. The van der Waals surface area contributed by atoms with Gasteiger partial charge in [-0.2, -0.15) is 0 Å². The number of nitrogens with zero attached hydrogens (tertiary/aromatic N) is 3. The molecule has 0 saturated heterocycles. The summed E-state index contributed by atoms with van der Waals surface area (Å²) in [6.45, 7) is 2.13. The van der Waals surface area contributed by atoms with Crippen molar-refractivity contribution in [3.8, 4) is 22.6 Å². The summed E-state index contributed by atoms with van der Waals surface area (Å²) in [5.41, 5.74) is 4.10. The van der Waals surface area contributed by atoms with Gasteiger partial charge < -0.3 is 5.32 Å². The molecule has 4 nitrogen and oxygen atoms in total. The zero-order valence-electron chi connectivity index (χ0n) is 15.1. The molecule has 4 aromatic rings. The molecular formula is C23H20N4. The van der Waals surface area contributed by atoms with Gasteiger partial charge >= 0.3 is 0 Å². The molecule has 0 aliphatic heterocycles. The third kappa shape index (κ3) is 4.01. The molecule has 4 rings (SSSR count). The summed E-state index contributed by atoms with van der Waals surface area (Å²) in [7, 11) is 0. The van der Waals surface area contributed by atoms with Crippen LogP contribution in [0.2, 0.25) is 0 Å². The molecule has 1 N–H and O–H groups in total. The lowest BCUT2D eigenvalue weighted by Crippen LogP contribution is -2.09. The average molecular weight is 352 g/mol. The molecule has 27 heavy (non-hydrogen) atoms. The van der Waals surface area contributed by atoms with Crippen LogP contribution < -0.4 is 5.32 Å². The summed E-state index contributed by atoms with van der Waals surface area (Å²) in [4.78, 5) is 13.6. The van der Waals surface area contributed by atoms with Crippen molar-refractivity contribution >= 4 is 5.82 Å². The second-order valence-electron chi connectivity index (χ2n) is 6.34. The SMILES string of the molecule is CC(Nc1cc(-c2ccccc2)nc(-c2ccncc2)n1)c1ccccc1. The Morgan fingerprint density at radius 2 is 1.41 bits per heavy atom. The van der Waals surface area contributed by atoms with E-state index < -0.39 is 0 Å². The first-order valence-electron chi connectivity index (χ1n) is 8.96. The van der Waals surface area contributed by atoms with Gasteiger partial charge in [0.2, 0.25) is 0 Å². The van der Waals surface area contributed by atoms with Crippen LogP contribution in [-0.2, 0) is 0 Å². The monoisotopic (exact) mass is 352 g/mol. The van der Waals surface area contributed by atoms with Crippen LogP contribution in [0.5, 0.6) is 0 Å². The molecule has 2 aromatic carbocycles. The number of pyridine rings is 1. The largest absolute Gasteiger partial charge is 0.363 e. The van der Waals surface area contributed by atoms with Crippen molar-refractivity contribution in [2.75, 3.05) is 5.32 Å². The molecule has 1 atom stereocenters. The van der Waals surface area contributed by atoms with Gasteiger partial charge in [-0.25, -0.2) is 9.97 Å². The van der Waals surface area contributed by atoms with E-state index in [4.69, 9.17) is 9.97 Å². The van der Waals surface area contributed by atoms with Crippen LogP contribution in [0.1, 0.15) is 18.5 Å². The molecule has 0 radical (unpaired) electrons. The van der Waals surface area contributed by atoms with Crippen LogP contribution in [0.15, 0.2) is 91.3 Å². The quantitative estimate of drug-likeness (QED) is 0.524. The van der Waals surface area contributed by atoms with E-state index in [0.29, 0.717) is 5.82 Å². The van der Waals surface area contributed by atoms with E-state index in [1.807, 2.05) is 54.6 Å². The maximum atomic E-state index is 4.78. The van der Waals surface area contributed by atoms with Crippen molar-refractivity contribution < 1.29 is 0 Å². The molecule has 0 aliphatic rings. The Morgan fingerprint density at radius 1 is 0.741 bits per heavy atom. The highest BCUT2D eigenvalue weighted by Crippen LogP contribution is 2.26. The van der Waals surface area contributed by atoms with Gasteiger partial charge in [0, 0.05) is 35.6 Å². The van der Waals surface area contributed by atoms with E-state index in [1.54, 1.807) is 12.4 Å². The second kappa shape index (κ2) is 7.79. The fourth-order valence-corrected chi connectivity index (χ4v) is 2.95. The predicted molar refractivity (Wildman–Crippen MR) is 109 cm³/mol. The summed E-state index contributed by atoms with van der Waals surface area (Å²) < 4.78 is 0. The summed E-state index contributed by atoms with van der Waals surface area (Å²) in [6.07, 6.45) is 3.52. The van der Waals surface area contributed by atoms with Gasteiger partial charge in [0.1, 0.15) is 5.82 Å². The fourth-order valence-electron chi connectivity index (χ4n) is 2.95. The maximum Gasteiger partial charge on any atom is 0.162 e. The number of rotatable bonds is 5. The Kier molecular flexibility index (Phi) is 4.88. The minimum absolute atomic E-state index is 0.134. The Morgan fingerprint density at radius 3 is 2.11 bits per heavy atom. The number of nitrogens with one attached hydrogen (secondary N) is 1. The summed E-state index contributed by atoms with van der Waals surface area (Å²) in [6, 6.07) is 26.5. The number of anilines is 1. The van der Waals surface area contributed by atoms with Gasteiger partial charge in [-0.15, -0.1) is 0 Å². The van der Waals surface area contributed by atoms with Crippen LogP contribution in [0.3, 0.4) is 0 Å². The molecule has 2 heterocycles. The Balaban J connectivity index is 1.74. The minimum atomic E-state index is 0.134. The van der Waals surface area contributed by atoms with Gasteiger partial charge in [0.15, 0.2) is 5.82 Å². The van der Waals surface area contributed by atoms with Gasteiger partial charge in [0.25, 0.3) is 0 Å². The average Bonchev–Trinajstić information content (AvgIpc) is 2.75. The number of benzene rings is 2. The minimum Gasteiger partial charge on any atom is -0.363 e. The molecular weight excluding hydrogens is 332 g/mol. The first-order chi connectivity index (χ1) is 13.3. The Hall–Kier alpha value is -3.53. The van der Waals surface area contributed by atoms with E-state index in [9.17, 15) is 0 Å². The highest BCUT2D eigenvalue weighted by atomic mass is 15.0. The molecule has 132 valence electrons. The molecule has 0 bridgehead atoms. The molecule has 2 aromatic heterocycles. The number of hydrogen-bond donors (Lipinski definition) is 1. The summed E-state index contributed by atoms with van der Waals surface area (Å²) in [5.74, 6) is 1.48. The molecule has 0 fully saturated rings. The number of hydrogen-bond acceptors (Lipinski definition) is 4. The van der Waals surface area contributed by atoms with Crippen molar-refractivity contribution in [3.05, 3.63) is 96.8 Å². The maximum absolute atomic E-state index is 4.78. The van der Waals surface area contributed by atoms with E-state index in [-0.39, 0.29) is 6.04 Å². The molecule has 0 saturated carbocycles. The van der Waals surface area contributed by atoms with E-state index in [1.165, 1.54) is 5.56 Å². The Bertz CT molecular complexity index is 944. The van der Waals surface area contributed by atoms with E-state index in [2.05, 4.69) is 41.5 Å². The standard InChI is InChI=1S/C23H20N4/c1-17(18-8-4-2-5-9-18)25-22-16-21(19-10-6-3-7-11-19)26-23(27-22)20-12-14-24-15-13-20/h2-17H,1H3,(H,25,26,27).